The number of hydrogen-bond donors (Lipinski definition) is 2. The number of rotatable bonds is 6. The van der Waals surface area contributed by atoms with Crippen molar-refractivity contribution < 1.29 is 9.59 Å². The van der Waals surface area contributed by atoms with Crippen LogP contribution in [0, 0.1) is 11.8 Å². The number of nitrogens with two attached hydrogens (primary N) is 1. The molecule has 24 heavy (non-hydrogen) atoms. The van der Waals surface area contributed by atoms with Crippen molar-refractivity contribution in [3.63, 3.8) is 0 Å². The summed E-state index contributed by atoms with van der Waals surface area (Å²) in [6.07, 6.45) is 2.73. The third kappa shape index (κ3) is 4.57. The van der Waals surface area contributed by atoms with Crippen LogP contribution in [0.4, 0.5) is 0 Å². The van der Waals surface area contributed by atoms with E-state index in [0.717, 1.165) is 32.4 Å². The third-order valence-electron chi connectivity index (χ3n) is 5.06. The Morgan fingerprint density at radius 1 is 1.25 bits per heavy atom. The molecular weight excluding hydrogens is 302 g/mol. The summed E-state index contributed by atoms with van der Waals surface area (Å²) in [6.45, 7) is 6.20. The van der Waals surface area contributed by atoms with Crippen LogP contribution in [-0.2, 0) is 4.79 Å². The molecule has 0 saturated carbocycles. The van der Waals surface area contributed by atoms with Crippen molar-refractivity contribution in [3.05, 3.63) is 35.9 Å². The Morgan fingerprint density at radius 2 is 1.88 bits per heavy atom. The number of hydrogen-bond acceptors (Lipinski definition) is 3. The number of benzene rings is 1. The van der Waals surface area contributed by atoms with Gasteiger partial charge in [-0.15, -0.1) is 0 Å². The summed E-state index contributed by atoms with van der Waals surface area (Å²) in [5.74, 6) is 0.447. The lowest BCUT2D eigenvalue weighted by molar-refractivity contribution is -0.135. The van der Waals surface area contributed by atoms with Crippen LogP contribution in [0.25, 0.3) is 0 Å². The minimum Gasteiger partial charge on any atom is -0.341 e. The fraction of sp³-hybridized carbons (Fsp3) is 0.579. The molecule has 5 heteroatoms. The van der Waals surface area contributed by atoms with E-state index in [2.05, 4.69) is 5.32 Å². The molecule has 132 valence electrons. The van der Waals surface area contributed by atoms with Crippen molar-refractivity contribution in [1.29, 1.82) is 0 Å². The second-order valence-electron chi connectivity index (χ2n) is 6.71. The van der Waals surface area contributed by atoms with E-state index in [0.29, 0.717) is 18.0 Å². The standard InChI is InChI=1S/C19H29N3O2/c1-3-14(2)17(21-18(23)16-7-5-4-6-8-16)19(24)22-11-9-15(13-20)10-12-22/h4-8,14-15,17H,3,9-13,20H2,1-2H3,(H,21,23). The molecule has 2 atom stereocenters. The largest absolute Gasteiger partial charge is 0.341 e. The number of carbonyl (C=O) groups is 2. The highest BCUT2D eigenvalue weighted by Crippen LogP contribution is 2.19. The van der Waals surface area contributed by atoms with Crippen molar-refractivity contribution in [2.24, 2.45) is 17.6 Å². The van der Waals surface area contributed by atoms with Gasteiger partial charge in [-0.2, -0.15) is 0 Å². The van der Waals surface area contributed by atoms with Gasteiger partial charge >= 0.3 is 0 Å². The van der Waals surface area contributed by atoms with Crippen molar-refractivity contribution in [1.82, 2.24) is 10.2 Å². The van der Waals surface area contributed by atoms with Gasteiger partial charge in [-0.1, -0.05) is 38.5 Å². The fourth-order valence-electron chi connectivity index (χ4n) is 3.08. The average molecular weight is 331 g/mol. The first-order valence-corrected chi connectivity index (χ1v) is 8.91. The minimum absolute atomic E-state index is 0.0316. The van der Waals surface area contributed by atoms with E-state index in [9.17, 15) is 9.59 Å². The molecule has 0 bridgehead atoms. The van der Waals surface area contributed by atoms with Crippen LogP contribution in [0.2, 0.25) is 0 Å². The third-order valence-corrected chi connectivity index (χ3v) is 5.06. The van der Waals surface area contributed by atoms with Gasteiger partial charge in [0.25, 0.3) is 5.91 Å². The summed E-state index contributed by atoms with van der Waals surface area (Å²) in [5.41, 5.74) is 6.31. The average Bonchev–Trinajstić information content (AvgIpc) is 2.65. The number of nitrogens with zero attached hydrogens (tertiary/aromatic N) is 1. The van der Waals surface area contributed by atoms with Crippen LogP contribution in [0.15, 0.2) is 30.3 Å². The van der Waals surface area contributed by atoms with Crippen LogP contribution in [0.1, 0.15) is 43.5 Å². The Bertz CT molecular complexity index is 539. The molecule has 0 aliphatic carbocycles. The van der Waals surface area contributed by atoms with E-state index < -0.39 is 6.04 Å². The maximum atomic E-state index is 12.9. The lowest BCUT2D eigenvalue weighted by atomic mass is 9.93. The van der Waals surface area contributed by atoms with Crippen LogP contribution < -0.4 is 11.1 Å². The van der Waals surface area contributed by atoms with Gasteiger partial charge in [0.15, 0.2) is 0 Å². The van der Waals surface area contributed by atoms with E-state index in [1.165, 1.54) is 0 Å². The van der Waals surface area contributed by atoms with Crippen LogP contribution in [0.5, 0.6) is 0 Å². The number of amides is 2. The quantitative estimate of drug-likeness (QED) is 0.837. The molecule has 1 fully saturated rings. The highest BCUT2D eigenvalue weighted by atomic mass is 16.2. The monoisotopic (exact) mass is 331 g/mol. The topological polar surface area (TPSA) is 75.4 Å². The van der Waals surface area contributed by atoms with Crippen molar-refractivity contribution in [2.45, 2.75) is 39.2 Å². The van der Waals surface area contributed by atoms with Crippen LogP contribution >= 0.6 is 0 Å². The smallest absolute Gasteiger partial charge is 0.251 e. The summed E-state index contributed by atoms with van der Waals surface area (Å²) >= 11 is 0. The SMILES string of the molecule is CCC(C)C(NC(=O)c1ccccc1)C(=O)N1CCC(CN)CC1. The van der Waals surface area contributed by atoms with E-state index in [-0.39, 0.29) is 17.7 Å². The first-order valence-electron chi connectivity index (χ1n) is 8.91. The van der Waals surface area contributed by atoms with E-state index in [1.54, 1.807) is 12.1 Å². The van der Waals surface area contributed by atoms with Crippen molar-refractivity contribution >= 4 is 11.8 Å². The lowest BCUT2D eigenvalue weighted by Crippen LogP contribution is -2.53. The predicted molar refractivity (Wildman–Crippen MR) is 95.5 cm³/mol. The molecule has 2 rings (SSSR count). The molecule has 1 aromatic rings. The van der Waals surface area contributed by atoms with E-state index in [1.807, 2.05) is 36.9 Å². The molecule has 3 N–H and O–H groups in total. The number of likely N-dealkylation sites (tertiary alicyclic amines) is 1. The van der Waals surface area contributed by atoms with Gasteiger partial charge in [-0.05, 0) is 43.4 Å². The highest BCUT2D eigenvalue weighted by molar-refractivity contribution is 5.97. The molecule has 2 unspecified atom stereocenters. The summed E-state index contributed by atoms with van der Waals surface area (Å²) in [6, 6.07) is 8.58. The second kappa shape index (κ2) is 8.83. The van der Waals surface area contributed by atoms with Gasteiger partial charge in [-0.25, -0.2) is 0 Å². The Kier molecular flexibility index (Phi) is 6.79. The number of carbonyl (C=O) groups excluding carboxylic acids is 2. The minimum atomic E-state index is -0.475. The zero-order chi connectivity index (χ0) is 17.5. The zero-order valence-corrected chi connectivity index (χ0v) is 14.7. The molecule has 1 aliphatic rings. The normalized spacial score (nSPS) is 18.0. The Balaban J connectivity index is 2.05. The molecular formula is C19H29N3O2. The summed E-state index contributed by atoms with van der Waals surface area (Å²) in [7, 11) is 0. The Labute approximate surface area is 144 Å². The first-order chi connectivity index (χ1) is 11.6. The molecule has 2 amide bonds. The molecule has 1 saturated heterocycles. The lowest BCUT2D eigenvalue weighted by Gasteiger charge is -2.35. The fourth-order valence-corrected chi connectivity index (χ4v) is 3.08. The van der Waals surface area contributed by atoms with Crippen molar-refractivity contribution in [3.8, 4) is 0 Å². The Hall–Kier alpha value is -1.88. The van der Waals surface area contributed by atoms with Gasteiger partial charge in [0.2, 0.25) is 5.91 Å². The second-order valence-corrected chi connectivity index (χ2v) is 6.71. The van der Waals surface area contributed by atoms with E-state index >= 15 is 0 Å². The molecule has 1 aromatic carbocycles. The molecule has 5 nitrogen and oxygen atoms in total. The van der Waals surface area contributed by atoms with Gasteiger partial charge < -0.3 is 16.0 Å². The molecule has 1 aliphatic heterocycles. The molecule has 0 radical (unpaired) electrons. The zero-order valence-electron chi connectivity index (χ0n) is 14.7. The first kappa shape index (κ1) is 18.5. The van der Waals surface area contributed by atoms with Gasteiger partial charge in [0.05, 0.1) is 0 Å². The molecule has 1 heterocycles. The number of piperidine rings is 1. The maximum Gasteiger partial charge on any atom is 0.251 e. The summed E-state index contributed by atoms with van der Waals surface area (Å²) in [5, 5.41) is 2.95. The molecule has 0 aromatic heterocycles. The van der Waals surface area contributed by atoms with Crippen LogP contribution in [0.3, 0.4) is 0 Å². The predicted octanol–water partition coefficient (Wildman–Crippen LogP) is 2.03. The summed E-state index contributed by atoms with van der Waals surface area (Å²) in [4.78, 5) is 27.3. The van der Waals surface area contributed by atoms with E-state index in [4.69, 9.17) is 5.73 Å². The maximum absolute atomic E-state index is 12.9. The van der Waals surface area contributed by atoms with Gasteiger partial charge in [0.1, 0.15) is 6.04 Å². The van der Waals surface area contributed by atoms with Crippen molar-refractivity contribution in [2.75, 3.05) is 19.6 Å². The Morgan fingerprint density at radius 3 is 2.42 bits per heavy atom. The molecule has 0 spiro atoms. The summed E-state index contributed by atoms with van der Waals surface area (Å²) < 4.78 is 0. The number of nitrogens with one attached hydrogen (secondary N) is 1. The van der Waals surface area contributed by atoms with Gasteiger partial charge in [-0.3, -0.25) is 9.59 Å². The van der Waals surface area contributed by atoms with Gasteiger partial charge in [0, 0.05) is 18.7 Å². The highest BCUT2D eigenvalue weighted by Gasteiger charge is 2.32. The van der Waals surface area contributed by atoms with Crippen LogP contribution in [-0.4, -0.2) is 42.4 Å².